The summed E-state index contributed by atoms with van der Waals surface area (Å²) in [6, 6.07) is 9.67. The molecule has 0 aliphatic carbocycles. The van der Waals surface area contributed by atoms with Crippen LogP contribution in [0.2, 0.25) is 0 Å². The highest BCUT2D eigenvalue weighted by molar-refractivity contribution is 5.65. The lowest BCUT2D eigenvalue weighted by molar-refractivity contribution is -0.144. The second-order valence-electron chi connectivity index (χ2n) is 2.94. The second-order valence-corrected chi connectivity index (χ2v) is 2.94. The lowest BCUT2D eigenvalue weighted by Gasteiger charge is -2.14. The molecule has 0 unspecified atom stereocenters. The van der Waals surface area contributed by atoms with Crippen LogP contribution in [0.15, 0.2) is 30.3 Å². The fraction of sp³-hybridized carbons (Fsp3) is 0.364. The molecule has 14 heavy (non-hydrogen) atoms. The Morgan fingerprint density at radius 3 is 2.50 bits per heavy atom. The number of hydrogen-bond donors (Lipinski definition) is 0. The van der Waals surface area contributed by atoms with Crippen molar-refractivity contribution in [3.05, 3.63) is 35.9 Å². The standard InChI is InChI=1S/C11H14O3/c1-9(12)14-8-11(13-2)10-6-4-3-5-7-10/h3-7,11H,8H2,1-2H3/t11-/m0/s1. The Hall–Kier alpha value is -1.35. The molecule has 1 aromatic carbocycles. The molecular weight excluding hydrogens is 180 g/mol. The summed E-state index contributed by atoms with van der Waals surface area (Å²) in [7, 11) is 1.60. The van der Waals surface area contributed by atoms with E-state index in [0.717, 1.165) is 5.56 Å². The van der Waals surface area contributed by atoms with Gasteiger partial charge in [-0.1, -0.05) is 30.3 Å². The van der Waals surface area contributed by atoms with E-state index in [-0.39, 0.29) is 18.7 Å². The number of benzene rings is 1. The van der Waals surface area contributed by atoms with E-state index in [4.69, 9.17) is 9.47 Å². The maximum absolute atomic E-state index is 10.6. The molecule has 3 heteroatoms. The minimum absolute atomic E-state index is 0.180. The Balaban J connectivity index is 2.58. The van der Waals surface area contributed by atoms with Crippen LogP contribution in [-0.2, 0) is 14.3 Å². The first kappa shape index (κ1) is 10.7. The van der Waals surface area contributed by atoms with Gasteiger partial charge in [-0.05, 0) is 5.56 Å². The summed E-state index contributed by atoms with van der Waals surface area (Å²) in [5.74, 6) is -0.289. The zero-order valence-electron chi connectivity index (χ0n) is 8.40. The number of hydrogen-bond acceptors (Lipinski definition) is 3. The smallest absolute Gasteiger partial charge is 0.302 e. The highest BCUT2D eigenvalue weighted by Gasteiger charge is 2.10. The van der Waals surface area contributed by atoms with Crippen molar-refractivity contribution in [1.29, 1.82) is 0 Å². The lowest BCUT2D eigenvalue weighted by Crippen LogP contribution is -2.12. The first-order valence-corrected chi connectivity index (χ1v) is 4.45. The molecule has 0 fully saturated rings. The molecule has 3 nitrogen and oxygen atoms in total. The summed E-state index contributed by atoms with van der Waals surface area (Å²) >= 11 is 0. The van der Waals surface area contributed by atoms with E-state index in [1.807, 2.05) is 30.3 Å². The zero-order chi connectivity index (χ0) is 10.4. The largest absolute Gasteiger partial charge is 0.463 e. The van der Waals surface area contributed by atoms with Gasteiger partial charge in [0.25, 0.3) is 0 Å². The van der Waals surface area contributed by atoms with Crippen molar-refractivity contribution in [2.24, 2.45) is 0 Å². The number of carbonyl (C=O) groups excluding carboxylic acids is 1. The molecule has 0 aliphatic rings. The minimum Gasteiger partial charge on any atom is -0.463 e. The second kappa shape index (κ2) is 5.40. The third-order valence-corrected chi connectivity index (χ3v) is 1.89. The Morgan fingerprint density at radius 2 is 2.00 bits per heavy atom. The van der Waals surface area contributed by atoms with E-state index in [2.05, 4.69) is 0 Å². The summed E-state index contributed by atoms with van der Waals surface area (Å²) in [6.45, 7) is 1.65. The highest BCUT2D eigenvalue weighted by Crippen LogP contribution is 2.16. The summed E-state index contributed by atoms with van der Waals surface area (Å²) < 4.78 is 10.1. The predicted octanol–water partition coefficient (Wildman–Crippen LogP) is 1.94. The van der Waals surface area contributed by atoms with E-state index in [1.54, 1.807) is 7.11 Å². The number of rotatable bonds is 4. The van der Waals surface area contributed by atoms with Gasteiger partial charge in [0, 0.05) is 14.0 Å². The predicted molar refractivity (Wildman–Crippen MR) is 52.8 cm³/mol. The third-order valence-electron chi connectivity index (χ3n) is 1.89. The molecule has 0 saturated heterocycles. The average Bonchev–Trinajstić information content (AvgIpc) is 2.20. The van der Waals surface area contributed by atoms with Crippen LogP contribution in [0, 0.1) is 0 Å². The highest BCUT2D eigenvalue weighted by atomic mass is 16.6. The van der Waals surface area contributed by atoms with Crippen molar-refractivity contribution in [3.8, 4) is 0 Å². The Kier molecular flexibility index (Phi) is 4.13. The first-order chi connectivity index (χ1) is 6.74. The number of carbonyl (C=O) groups is 1. The van der Waals surface area contributed by atoms with Gasteiger partial charge in [0.2, 0.25) is 0 Å². The van der Waals surface area contributed by atoms with E-state index in [9.17, 15) is 4.79 Å². The topological polar surface area (TPSA) is 35.5 Å². The Labute approximate surface area is 83.6 Å². The molecule has 1 atom stereocenters. The van der Waals surface area contributed by atoms with Crippen molar-refractivity contribution in [3.63, 3.8) is 0 Å². The molecule has 0 heterocycles. The molecular formula is C11H14O3. The van der Waals surface area contributed by atoms with Gasteiger partial charge in [-0.25, -0.2) is 0 Å². The van der Waals surface area contributed by atoms with E-state index < -0.39 is 0 Å². The van der Waals surface area contributed by atoms with E-state index in [0.29, 0.717) is 0 Å². The van der Waals surface area contributed by atoms with Gasteiger partial charge in [-0.3, -0.25) is 4.79 Å². The monoisotopic (exact) mass is 194 g/mol. The van der Waals surface area contributed by atoms with Crippen molar-refractivity contribution < 1.29 is 14.3 Å². The third kappa shape index (κ3) is 3.18. The Morgan fingerprint density at radius 1 is 1.36 bits per heavy atom. The molecule has 0 N–H and O–H groups in total. The fourth-order valence-electron chi connectivity index (χ4n) is 1.16. The van der Waals surface area contributed by atoms with Crippen LogP contribution in [0.4, 0.5) is 0 Å². The van der Waals surface area contributed by atoms with Gasteiger partial charge in [0.1, 0.15) is 12.7 Å². The van der Waals surface area contributed by atoms with Crippen LogP contribution in [0.1, 0.15) is 18.6 Å². The Bertz CT molecular complexity index is 282. The molecule has 0 bridgehead atoms. The van der Waals surface area contributed by atoms with Gasteiger partial charge in [0.05, 0.1) is 0 Å². The fourth-order valence-corrected chi connectivity index (χ4v) is 1.16. The number of ether oxygens (including phenoxy) is 2. The van der Waals surface area contributed by atoms with Crippen molar-refractivity contribution in [2.75, 3.05) is 13.7 Å². The molecule has 0 aromatic heterocycles. The van der Waals surface area contributed by atoms with Crippen LogP contribution >= 0.6 is 0 Å². The normalized spacial score (nSPS) is 12.1. The van der Waals surface area contributed by atoms with Gasteiger partial charge in [0.15, 0.2) is 0 Å². The SMILES string of the molecule is CO[C@@H](COC(C)=O)c1ccccc1. The zero-order valence-corrected chi connectivity index (χ0v) is 8.40. The quantitative estimate of drug-likeness (QED) is 0.687. The molecule has 0 aliphatic heterocycles. The van der Waals surface area contributed by atoms with Crippen LogP contribution in [0.5, 0.6) is 0 Å². The van der Waals surface area contributed by atoms with Gasteiger partial charge >= 0.3 is 5.97 Å². The molecule has 1 rings (SSSR count). The maximum Gasteiger partial charge on any atom is 0.302 e. The molecule has 76 valence electrons. The van der Waals surface area contributed by atoms with E-state index in [1.165, 1.54) is 6.92 Å². The first-order valence-electron chi connectivity index (χ1n) is 4.45. The molecule has 0 radical (unpaired) electrons. The summed E-state index contributed by atoms with van der Waals surface area (Å²) in [6.07, 6.45) is -0.180. The summed E-state index contributed by atoms with van der Waals surface area (Å²) in [5, 5.41) is 0. The van der Waals surface area contributed by atoms with Crippen molar-refractivity contribution in [1.82, 2.24) is 0 Å². The van der Waals surface area contributed by atoms with Crippen molar-refractivity contribution >= 4 is 5.97 Å². The number of methoxy groups -OCH3 is 1. The van der Waals surface area contributed by atoms with Crippen molar-refractivity contribution in [2.45, 2.75) is 13.0 Å². The molecule has 0 spiro atoms. The van der Waals surface area contributed by atoms with Gasteiger partial charge in [-0.2, -0.15) is 0 Å². The van der Waals surface area contributed by atoms with E-state index >= 15 is 0 Å². The maximum atomic E-state index is 10.6. The molecule has 1 aromatic rings. The minimum atomic E-state index is -0.289. The van der Waals surface area contributed by atoms with Crippen LogP contribution in [-0.4, -0.2) is 19.7 Å². The average molecular weight is 194 g/mol. The summed E-state index contributed by atoms with van der Waals surface area (Å²) in [4.78, 5) is 10.6. The summed E-state index contributed by atoms with van der Waals surface area (Å²) in [5.41, 5.74) is 1.01. The lowest BCUT2D eigenvalue weighted by atomic mass is 10.1. The van der Waals surface area contributed by atoms with Gasteiger partial charge < -0.3 is 9.47 Å². The van der Waals surface area contributed by atoms with Crippen LogP contribution < -0.4 is 0 Å². The molecule has 0 amide bonds. The number of esters is 1. The van der Waals surface area contributed by atoms with Crippen LogP contribution in [0.3, 0.4) is 0 Å². The van der Waals surface area contributed by atoms with Crippen LogP contribution in [0.25, 0.3) is 0 Å². The van der Waals surface area contributed by atoms with Gasteiger partial charge in [-0.15, -0.1) is 0 Å². The molecule has 0 saturated carbocycles.